The third-order valence-corrected chi connectivity index (χ3v) is 2.67. The minimum Gasteiger partial charge on any atom is -0.481 e. The lowest BCUT2D eigenvalue weighted by Gasteiger charge is -2.21. The van der Waals surface area contributed by atoms with Gasteiger partial charge >= 0.3 is 5.97 Å². The number of nitrogens with zero attached hydrogens (tertiary/aromatic N) is 2. The lowest BCUT2D eigenvalue weighted by Crippen LogP contribution is -2.36. The summed E-state index contributed by atoms with van der Waals surface area (Å²) in [5.41, 5.74) is -0.00937. The molecule has 1 rings (SSSR count). The summed E-state index contributed by atoms with van der Waals surface area (Å²) in [6.45, 7) is 2.30. The van der Waals surface area contributed by atoms with Crippen LogP contribution in [0.1, 0.15) is 23.8 Å². The fraction of sp³-hybridized carbons (Fsp3) is 0.417. The van der Waals surface area contributed by atoms with Crippen molar-refractivity contribution < 1.29 is 14.7 Å². The third-order valence-electron chi connectivity index (χ3n) is 2.67. The van der Waals surface area contributed by atoms with E-state index in [-0.39, 0.29) is 30.1 Å². The van der Waals surface area contributed by atoms with Crippen LogP contribution in [0.5, 0.6) is 0 Å². The largest absolute Gasteiger partial charge is 0.481 e. The van der Waals surface area contributed by atoms with Crippen molar-refractivity contribution >= 4 is 11.9 Å². The predicted octanol–water partition coefficient (Wildman–Crippen LogP) is 0.322. The van der Waals surface area contributed by atoms with Crippen molar-refractivity contribution in [2.45, 2.75) is 13.3 Å². The molecule has 0 radical (unpaired) electrons. The maximum atomic E-state index is 12.1. The predicted molar refractivity (Wildman–Crippen MR) is 65.5 cm³/mol. The maximum absolute atomic E-state index is 12.1. The first kappa shape index (κ1) is 14.0. The van der Waals surface area contributed by atoms with Crippen LogP contribution in [0.2, 0.25) is 0 Å². The summed E-state index contributed by atoms with van der Waals surface area (Å²) in [7, 11) is 1.51. The van der Waals surface area contributed by atoms with Crippen molar-refractivity contribution in [3.8, 4) is 0 Å². The van der Waals surface area contributed by atoms with Gasteiger partial charge in [0.05, 0.1) is 6.42 Å². The van der Waals surface area contributed by atoms with E-state index in [2.05, 4.69) is 0 Å². The van der Waals surface area contributed by atoms with Gasteiger partial charge in [0.1, 0.15) is 5.69 Å². The zero-order valence-electron chi connectivity index (χ0n) is 10.4. The molecule has 1 heterocycles. The Labute approximate surface area is 104 Å². The topological polar surface area (TPSA) is 79.6 Å². The van der Waals surface area contributed by atoms with Crippen LogP contribution < -0.4 is 5.56 Å². The first-order valence-electron chi connectivity index (χ1n) is 5.64. The number of carbonyl (C=O) groups excluding carboxylic acids is 1. The summed E-state index contributed by atoms with van der Waals surface area (Å²) in [6.07, 6.45) is -0.111. The lowest BCUT2D eigenvalue weighted by atomic mass is 10.2. The number of carboxylic acids is 1. The molecule has 0 fully saturated rings. The second kappa shape index (κ2) is 6.00. The van der Waals surface area contributed by atoms with Crippen LogP contribution in [0.3, 0.4) is 0 Å². The van der Waals surface area contributed by atoms with Gasteiger partial charge < -0.3 is 14.6 Å². The molecule has 0 unspecified atom stereocenters. The minimum atomic E-state index is -0.955. The highest BCUT2D eigenvalue weighted by molar-refractivity contribution is 5.92. The van der Waals surface area contributed by atoms with Crippen molar-refractivity contribution in [3.05, 3.63) is 34.2 Å². The quantitative estimate of drug-likeness (QED) is 0.818. The Kier molecular flexibility index (Phi) is 4.65. The molecule has 1 aromatic heterocycles. The van der Waals surface area contributed by atoms with E-state index in [1.165, 1.54) is 28.6 Å². The average Bonchev–Trinajstić information content (AvgIpc) is 2.32. The number of rotatable bonds is 5. The summed E-state index contributed by atoms with van der Waals surface area (Å²) in [5, 5.41) is 8.62. The summed E-state index contributed by atoms with van der Waals surface area (Å²) in [5.74, 6) is -1.29. The molecule has 1 amide bonds. The Hall–Kier alpha value is -2.11. The van der Waals surface area contributed by atoms with Crippen LogP contribution in [0.15, 0.2) is 23.0 Å². The van der Waals surface area contributed by atoms with Crippen molar-refractivity contribution in [2.75, 3.05) is 13.1 Å². The van der Waals surface area contributed by atoms with Crippen LogP contribution in [-0.2, 0) is 11.8 Å². The molecule has 6 nitrogen and oxygen atoms in total. The average molecular weight is 252 g/mol. The standard InChI is InChI=1S/C12H16N2O4/c1-3-14(8-7-11(16)17)12(18)9-5-4-6-10(15)13(9)2/h4-6H,3,7-8H2,1-2H3,(H,16,17). The number of hydrogen-bond donors (Lipinski definition) is 1. The Morgan fingerprint density at radius 3 is 2.61 bits per heavy atom. The van der Waals surface area contributed by atoms with Crippen LogP contribution in [0.25, 0.3) is 0 Å². The second-order valence-electron chi connectivity index (χ2n) is 3.84. The number of amides is 1. The Bertz CT molecular complexity index is 507. The molecular formula is C12H16N2O4. The van der Waals surface area contributed by atoms with Gasteiger partial charge in [0.25, 0.3) is 11.5 Å². The van der Waals surface area contributed by atoms with Gasteiger partial charge in [0.15, 0.2) is 0 Å². The summed E-state index contributed by atoms with van der Waals surface area (Å²) >= 11 is 0. The van der Waals surface area contributed by atoms with E-state index in [9.17, 15) is 14.4 Å². The van der Waals surface area contributed by atoms with E-state index >= 15 is 0 Å². The molecule has 18 heavy (non-hydrogen) atoms. The fourth-order valence-corrected chi connectivity index (χ4v) is 1.57. The summed E-state index contributed by atoms with van der Waals surface area (Å²) in [6, 6.07) is 4.43. The number of hydrogen-bond acceptors (Lipinski definition) is 3. The van der Waals surface area contributed by atoms with Gasteiger partial charge in [-0.15, -0.1) is 0 Å². The Balaban J connectivity index is 2.93. The van der Waals surface area contributed by atoms with Gasteiger partial charge in [0.2, 0.25) is 0 Å². The monoisotopic (exact) mass is 252 g/mol. The SMILES string of the molecule is CCN(CCC(=O)O)C(=O)c1cccc(=O)n1C. The molecule has 0 saturated carbocycles. The zero-order valence-corrected chi connectivity index (χ0v) is 10.4. The molecule has 98 valence electrons. The molecule has 0 aromatic carbocycles. The molecule has 1 N–H and O–H groups in total. The minimum absolute atomic E-state index is 0.111. The van der Waals surface area contributed by atoms with Gasteiger partial charge in [-0.25, -0.2) is 0 Å². The summed E-state index contributed by atoms with van der Waals surface area (Å²) < 4.78 is 1.26. The third kappa shape index (κ3) is 3.19. The smallest absolute Gasteiger partial charge is 0.305 e. The molecular weight excluding hydrogens is 236 g/mol. The van der Waals surface area contributed by atoms with Crippen molar-refractivity contribution in [1.29, 1.82) is 0 Å². The molecule has 1 aromatic rings. The van der Waals surface area contributed by atoms with Gasteiger partial charge in [-0.05, 0) is 13.0 Å². The number of carboxylic acid groups (broad SMARTS) is 1. The van der Waals surface area contributed by atoms with E-state index in [0.717, 1.165) is 0 Å². The van der Waals surface area contributed by atoms with Gasteiger partial charge in [0, 0.05) is 26.2 Å². The second-order valence-corrected chi connectivity index (χ2v) is 3.84. The van der Waals surface area contributed by atoms with Crippen LogP contribution in [0.4, 0.5) is 0 Å². The van der Waals surface area contributed by atoms with Gasteiger partial charge in [-0.2, -0.15) is 0 Å². The van der Waals surface area contributed by atoms with E-state index in [1.807, 2.05) is 0 Å². The highest BCUT2D eigenvalue weighted by atomic mass is 16.4. The maximum Gasteiger partial charge on any atom is 0.305 e. The highest BCUT2D eigenvalue weighted by Crippen LogP contribution is 2.03. The van der Waals surface area contributed by atoms with E-state index in [1.54, 1.807) is 13.0 Å². The van der Waals surface area contributed by atoms with E-state index < -0.39 is 5.97 Å². The normalized spacial score (nSPS) is 10.1. The zero-order chi connectivity index (χ0) is 13.7. The number of pyridine rings is 1. The van der Waals surface area contributed by atoms with Crippen LogP contribution >= 0.6 is 0 Å². The number of aromatic nitrogens is 1. The Morgan fingerprint density at radius 2 is 2.06 bits per heavy atom. The van der Waals surface area contributed by atoms with Crippen LogP contribution in [-0.4, -0.2) is 39.5 Å². The first-order chi connectivity index (χ1) is 8.47. The summed E-state index contributed by atoms with van der Waals surface area (Å²) in [4.78, 5) is 35.5. The molecule has 0 spiro atoms. The molecule has 0 bridgehead atoms. The molecule has 0 aliphatic rings. The molecule has 0 aliphatic heterocycles. The fourth-order valence-electron chi connectivity index (χ4n) is 1.57. The van der Waals surface area contributed by atoms with Gasteiger partial charge in [-0.3, -0.25) is 14.4 Å². The van der Waals surface area contributed by atoms with E-state index in [0.29, 0.717) is 6.54 Å². The van der Waals surface area contributed by atoms with Gasteiger partial charge in [-0.1, -0.05) is 6.07 Å². The number of carbonyl (C=O) groups is 2. The van der Waals surface area contributed by atoms with E-state index in [4.69, 9.17) is 5.11 Å². The first-order valence-corrected chi connectivity index (χ1v) is 5.64. The van der Waals surface area contributed by atoms with Crippen molar-refractivity contribution in [2.24, 2.45) is 7.05 Å². The molecule has 0 aliphatic carbocycles. The molecule has 0 atom stereocenters. The highest BCUT2D eigenvalue weighted by Gasteiger charge is 2.17. The lowest BCUT2D eigenvalue weighted by molar-refractivity contribution is -0.137. The van der Waals surface area contributed by atoms with Crippen molar-refractivity contribution in [1.82, 2.24) is 9.47 Å². The Morgan fingerprint density at radius 1 is 1.39 bits per heavy atom. The number of aliphatic carboxylic acids is 1. The molecule has 6 heteroatoms. The van der Waals surface area contributed by atoms with Crippen LogP contribution in [0, 0.1) is 0 Å². The van der Waals surface area contributed by atoms with Crippen molar-refractivity contribution in [3.63, 3.8) is 0 Å². The molecule has 0 saturated heterocycles.